The maximum absolute atomic E-state index is 11.3. The predicted octanol–water partition coefficient (Wildman–Crippen LogP) is 1.74. The third-order valence-electron chi connectivity index (χ3n) is 3.07. The molecule has 0 fully saturated rings. The zero-order chi connectivity index (χ0) is 14.4. The molecule has 1 aromatic rings. The van der Waals surface area contributed by atoms with Gasteiger partial charge in [0.2, 0.25) is 6.29 Å². The Hall–Kier alpha value is -1.37. The average molecular weight is 297 g/mol. The first-order valence-electron chi connectivity index (χ1n) is 6.65. The highest BCUT2D eigenvalue weighted by Crippen LogP contribution is 2.33. The summed E-state index contributed by atoms with van der Waals surface area (Å²) in [5, 5.41) is 10.7. The number of unbranched alkanes of at least 4 members (excludes halogenated alkanes) is 1. The third-order valence-corrected chi connectivity index (χ3v) is 4.07. The normalized spacial score (nSPS) is 22.1. The second-order valence-corrected chi connectivity index (χ2v) is 5.58. The van der Waals surface area contributed by atoms with Crippen LogP contribution in [0.2, 0.25) is 0 Å². The fraction of sp³-hybridized carbons (Fsp3) is 0.500. The number of amides is 1. The Labute approximate surface area is 122 Å². The Bertz CT molecular complexity index is 458. The van der Waals surface area contributed by atoms with Gasteiger partial charge in [-0.05, 0) is 30.4 Å². The minimum absolute atomic E-state index is 0.0918. The summed E-state index contributed by atoms with van der Waals surface area (Å²) >= 11 is 1.64. The summed E-state index contributed by atoms with van der Waals surface area (Å²) in [5.41, 5.74) is 5.30. The van der Waals surface area contributed by atoms with Gasteiger partial charge in [0.05, 0.1) is 6.61 Å². The van der Waals surface area contributed by atoms with Crippen molar-refractivity contribution in [3.05, 3.63) is 34.2 Å². The van der Waals surface area contributed by atoms with Crippen LogP contribution in [0.4, 0.5) is 0 Å². The molecular weight excluding hydrogens is 278 g/mol. The quantitative estimate of drug-likeness (QED) is 0.751. The van der Waals surface area contributed by atoms with Gasteiger partial charge in [-0.2, -0.15) is 0 Å². The molecule has 0 bridgehead atoms. The Balaban J connectivity index is 1.99. The zero-order valence-electron chi connectivity index (χ0n) is 11.2. The lowest BCUT2D eigenvalue weighted by molar-refractivity contribution is -0.144. The molecule has 0 aromatic carbocycles. The summed E-state index contributed by atoms with van der Waals surface area (Å²) in [7, 11) is 0. The van der Waals surface area contributed by atoms with Crippen molar-refractivity contribution in [2.75, 3.05) is 13.2 Å². The van der Waals surface area contributed by atoms with Crippen LogP contribution < -0.4 is 5.73 Å². The molecule has 0 radical (unpaired) electrons. The van der Waals surface area contributed by atoms with Crippen molar-refractivity contribution in [2.24, 2.45) is 5.73 Å². The van der Waals surface area contributed by atoms with E-state index in [4.69, 9.17) is 20.3 Å². The molecule has 20 heavy (non-hydrogen) atoms. The molecule has 5 nitrogen and oxygen atoms in total. The number of carbonyl (C=O) groups excluding carboxylic acids is 1. The first kappa shape index (κ1) is 15.0. The second kappa shape index (κ2) is 7.42. The van der Waals surface area contributed by atoms with E-state index in [1.54, 1.807) is 17.4 Å². The number of hydrogen-bond acceptors (Lipinski definition) is 5. The third kappa shape index (κ3) is 4.06. The van der Waals surface area contributed by atoms with E-state index in [1.165, 1.54) is 0 Å². The van der Waals surface area contributed by atoms with E-state index >= 15 is 0 Å². The summed E-state index contributed by atoms with van der Waals surface area (Å²) in [6.45, 7) is 0.646. The van der Waals surface area contributed by atoms with Gasteiger partial charge in [0.25, 0.3) is 5.91 Å². The number of primary amides is 1. The Morgan fingerprint density at radius 3 is 3.05 bits per heavy atom. The number of hydrogen-bond donors (Lipinski definition) is 2. The van der Waals surface area contributed by atoms with E-state index in [2.05, 4.69) is 0 Å². The number of carbonyl (C=O) groups is 1. The molecule has 2 heterocycles. The SMILES string of the molecule is NC(=O)C1=C[C@H](c2cccs2)C[C@H](OCCCCO)O1. The zero-order valence-corrected chi connectivity index (χ0v) is 12.0. The number of allylic oxidation sites excluding steroid dienone is 1. The number of rotatable bonds is 7. The van der Waals surface area contributed by atoms with Crippen molar-refractivity contribution in [3.63, 3.8) is 0 Å². The summed E-state index contributed by atoms with van der Waals surface area (Å²) < 4.78 is 11.1. The molecule has 3 N–H and O–H groups in total. The second-order valence-electron chi connectivity index (χ2n) is 4.60. The van der Waals surface area contributed by atoms with Crippen LogP contribution in [0.5, 0.6) is 0 Å². The lowest BCUT2D eigenvalue weighted by Crippen LogP contribution is -2.29. The van der Waals surface area contributed by atoms with Crippen LogP contribution in [-0.2, 0) is 14.3 Å². The standard InChI is InChI=1S/C14H19NO4S/c15-14(17)11-8-10(12-4-3-7-20-12)9-13(19-11)18-6-2-1-5-16/h3-4,7-8,10,13,16H,1-2,5-6,9H2,(H2,15,17)/t10-,13+/m0/s1. The number of nitrogens with two attached hydrogens (primary N) is 1. The average Bonchev–Trinajstić information content (AvgIpc) is 2.97. The highest BCUT2D eigenvalue weighted by molar-refractivity contribution is 7.10. The van der Waals surface area contributed by atoms with Gasteiger partial charge in [0.1, 0.15) is 0 Å². The van der Waals surface area contributed by atoms with Crippen LogP contribution in [0.1, 0.15) is 30.1 Å². The topological polar surface area (TPSA) is 81.8 Å². The van der Waals surface area contributed by atoms with Crippen LogP contribution in [0.3, 0.4) is 0 Å². The largest absolute Gasteiger partial charge is 0.459 e. The van der Waals surface area contributed by atoms with Crippen molar-refractivity contribution < 1.29 is 19.4 Å². The number of ether oxygens (including phenoxy) is 2. The highest BCUT2D eigenvalue weighted by Gasteiger charge is 2.28. The van der Waals surface area contributed by atoms with Crippen LogP contribution in [0, 0.1) is 0 Å². The Morgan fingerprint density at radius 1 is 1.55 bits per heavy atom. The molecule has 1 aromatic heterocycles. The first-order chi connectivity index (χ1) is 9.70. The minimum atomic E-state index is -0.574. The predicted molar refractivity (Wildman–Crippen MR) is 76.1 cm³/mol. The van der Waals surface area contributed by atoms with Gasteiger partial charge in [-0.1, -0.05) is 6.07 Å². The van der Waals surface area contributed by atoms with E-state index < -0.39 is 12.2 Å². The van der Waals surface area contributed by atoms with Crippen molar-refractivity contribution in [1.29, 1.82) is 0 Å². The molecule has 0 aliphatic carbocycles. The summed E-state index contributed by atoms with van der Waals surface area (Å²) in [6, 6.07) is 4.00. The van der Waals surface area contributed by atoms with Crippen LogP contribution in [0.15, 0.2) is 29.3 Å². The smallest absolute Gasteiger partial charge is 0.283 e. The van der Waals surface area contributed by atoms with Gasteiger partial charge in [0, 0.05) is 23.8 Å². The molecule has 0 saturated carbocycles. The summed E-state index contributed by atoms with van der Waals surface area (Å²) in [5.74, 6) is -0.314. The number of aliphatic hydroxyl groups excluding tert-OH is 1. The van der Waals surface area contributed by atoms with Crippen molar-refractivity contribution >= 4 is 17.2 Å². The van der Waals surface area contributed by atoms with Gasteiger partial charge in [0.15, 0.2) is 5.76 Å². The molecule has 2 atom stereocenters. The van der Waals surface area contributed by atoms with Crippen molar-refractivity contribution in [2.45, 2.75) is 31.5 Å². The molecule has 1 aliphatic rings. The summed E-state index contributed by atoms with van der Waals surface area (Å²) in [6.07, 6.45) is 3.42. The van der Waals surface area contributed by atoms with Crippen molar-refractivity contribution in [1.82, 2.24) is 0 Å². The maximum Gasteiger partial charge on any atom is 0.283 e. The molecule has 0 spiro atoms. The maximum atomic E-state index is 11.3. The molecular formula is C14H19NO4S. The van der Waals surface area contributed by atoms with Crippen molar-refractivity contribution in [3.8, 4) is 0 Å². The van der Waals surface area contributed by atoms with Crippen LogP contribution >= 0.6 is 11.3 Å². The molecule has 2 rings (SSSR count). The van der Waals surface area contributed by atoms with Gasteiger partial charge in [-0.25, -0.2) is 0 Å². The van der Waals surface area contributed by atoms with E-state index in [-0.39, 0.29) is 18.3 Å². The Kier molecular flexibility index (Phi) is 5.58. The fourth-order valence-electron chi connectivity index (χ4n) is 2.06. The Morgan fingerprint density at radius 2 is 2.40 bits per heavy atom. The fourth-order valence-corrected chi connectivity index (χ4v) is 2.87. The molecule has 6 heteroatoms. The molecule has 0 unspecified atom stereocenters. The number of thiophene rings is 1. The van der Waals surface area contributed by atoms with E-state index in [9.17, 15) is 4.79 Å². The van der Waals surface area contributed by atoms with Gasteiger partial charge in [-0.3, -0.25) is 4.79 Å². The van der Waals surface area contributed by atoms with Crippen LogP contribution in [0.25, 0.3) is 0 Å². The van der Waals surface area contributed by atoms with Gasteiger partial charge < -0.3 is 20.3 Å². The molecule has 110 valence electrons. The first-order valence-corrected chi connectivity index (χ1v) is 7.53. The van der Waals surface area contributed by atoms with Crippen LogP contribution in [-0.4, -0.2) is 30.5 Å². The summed E-state index contributed by atoms with van der Waals surface area (Å²) in [4.78, 5) is 12.5. The van der Waals surface area contributed by atoms with Gasteiger partial charge >= 0.3 is 0 Å². The molecule has 1 aliphatic heterocycles. The monoisotopic (exact) mass is 297 g/mol. The lowest BCUT2D eigenvalue weighted by atomic mass is 10.00. The van der Waals surface area contributed by atoms with E-state index in [0.29, 0.717) is 19.4 Å². The van der Waals surface area contributed by atoms with E-state index in [1.807, 2.05) is 17.5 Å². The molecule has 1 amide bonds. The lowest BCUT2D eigenvalue weighted by Gasteiger charge is -2.28. The molecule has 0 saturated heterocycles. The van der Waals surface area contributed by atoms with E-state index in [0.717, 1.165) is 11.3 Å². The highest BCUT2D eigenvalue weighted by atomic mass is 32.1. The van der Waals surface area contributed by atoms with Gasteiger partial charge in [-0.15, -0.1) is 11.3 Å². The number of aliphatic hydroxyl groups is 1. The minimum Gasteiger partial charge on any atom is -0.459 e.